The fraction of sp³-hybridized carbons (Fsp3) is 0.533. The second-order valence-electron chi connectivity index (χ2n) is 5.05. The molecule has 0 aromatic heterocycles. The Hall–Kier alpha value is -1.42. The van der Waals surface area contributed by atoms with Crippen molar-refractivity contribution in [1.82, 2.24) is 10.6 Å². The normalized spacial score (nSPS) is 10.7. The molecule has 2 N–H and O–H groups in total. The van der Waals surface area contributed by atoms with Crippen molar-refractivity contribution in [3.63, 3.8) is 0 Å². The average Bonchev–Trinajstić information content (AvgIpc) is 2.36. The van der Waals surface area contributed by atoms with Gasteiger partial charge >= 0.3 is 0 Å². The quantitative estimate of drug-likeness (QED) is 0.710. The first-order chi connectivity index (χ1) is 9.09. The van der Waals surface area contributed by atoms with E-state index in [9.17, 15) is 9.18 Å². The van der Waals surface area contributed by atoms with Crippen molar-refractivity contribution in [1.29, 1.82) is 0 Å². The van der Waals surface area contributed by atoms with Crippen LogP contribution < -0.4 is 10.6 Å². The van der Waals surface area contributed by atoms with Crippen molar-refractivity contribution >= 4 is 5.91 Å². The van der Waals surface area contributed by atoms with Gasteiger partial charge in [-0.3, -0.25) is 4.79 Å². The zero-order chi connectivity index (χ0) is 14.1. The summed E-state index contributed by atoms with van der Waals surface area (Å²) in [4.78, 5) is 11.5. The van der Waals surface area contributed by atoms with Gasteiger partial charge in [0.05, 0.1) is 0 Å². The predicted molar refractivity (Wildman–Crippen MR) is 75.2 cm³/mol. The molecule has 1 aromatic rings. The van der Waals surface area contributed by atoms with Crippen molar-refractivity contribution in [2.45, 2.75) is 33.2 Å². The van der Waals surface area contributed by atoms with E-state index in [4.69, 9.17) is 0 Å². The fourth-order valence-electron chi connectivity index (χ4n) is 1.66. The summed E-state index contributed by atoms with van der Waals surface area (Å²) in [5, 5.41) is 5.94. The Morgan fingerprint density at radius 2 is 2.00 bits per heavy atom. The second-order valence-corrected chi connectivity index (χ2v) is 5.05. The highest BCUT2D eigenvalue weighted by atomic mass is 19.1. The van der Waals surface area contributed by atoms with Crippen LogP contribution in [0.15, 0.2) is 24.3 Å². The molecule has 0 aliphatic carbocycles. The van der Waals surface area contributed by atoms with E-state index in [1.54, 1.807) is 18.2 Å². The molecule has 1 rings (SSSR count). The standard InChI is InChI=1S/C15H23FN2O/c1-12(2)7-10-18-15(19)8-9-17-11-13-5-3-4-6-14(13)16/h3-6,12,17H,7-11H2,1-2H3,(H,18,19). The zero-order valence-corrected chi connectivity index (χ0v) is 11.7. The Bertz CT molecular complexity index is 393. The molecular formula is C15H23FN2O. The minimum atomic E-state index is -0.212. The molecule has 106 valence electrons. The van der Waals surface area contributed by atoms with Crippen molar-refractivity contribution in [2.24, 2.45) is 5.92 Å². The molecule has 0 aliphatic rings. The molecule has 0 bridgehead atoms. The van der Waals surface area contributed by atoms with Gasteiger partial charge in [-0.2, -0.15) is 0 Å². The van der Waals surface area contributed by atoms with E-state index in [2.05, 4.69) is 24.5 Å². The third-order valence-electron chi connectivity index (χ3n) is 2.85. The second kappa shape index (κ2) is 8.64. The van der Waals surface area contributed by atoms with Crippen molar-refractivity contribution in [3.05, 3.63) is 35.6 Å². The molecule has 0 saturated carbocycles. The van der Waals surface area contributed by atoms with Crippen LogP contribution in [0.3, 0.4) is 0 Å². The molecule has 19 heavy (non-hydrogen) atoms. The van der Waals surface area contributed by atoms with Crippen molar-refractivity contribution in [2.75, 3.05) is 13.1 Å². The molecule has 0 atom stereocenters. The Morgan fingerprint density at radius 3 is 2.68 bits per heavy atom. The molecule has 0 heterocycles. The summed E-state index contributed by atoms with van der Waals surface area (Å²) in [6.45, 7) is 5.99. The number of benzene rings is 1. The lowest BCUT2D eigenvalue weighted by Crippen LogP contribution is -2.28. The summed E-state index contributed by atoms with van der Waals surface area (Å²) in [5.74, 6) is 0.428. The first-order valence-corrected chi connectivity index (χ1v) is 6.80. The van der Waals surface area contributed by atoms with Gasteiger partial charge in [0.15, 0.2) is 0 Å². The number of nitrogens with one attached hydrogen (secondary N) is 2. The van der Waals surface area contributed by atoms with Gasteiger partial charge < -0.3 is 10.6 Å². The summed E-state index contributed by atoms with van der Waals surface area (Å²) < 4.78 is 13.3. The molecule has 0 unspecified atom stereocenters. The molecule has 0 saturated heterocycles. The first kappa shape index (κ1) is 15.6. The average molecular weight is 266 g/mol. The number of carbonyl (C=O) groups is 1. The lowest BCUT2D eigenvalue weighted by molar-refractivity contribution is -0.121. The van der Waals surface area contributed by atoms with Gasteiger partial charge in [-0.05, 0) is 18.4 Å². The topological polar surface area (TPSA) is 41.1 Å². The van der Waals surface area contributed by atoms with Crippen molar-refractivity contribution in [3.8, 4) is 0 Å². The van der Waals surface area contributed by atoms with Crippen LogP contribution in [0, 0.1) is 11.7 Å². The van der Waals surface area contributed by atoms with Gasteiger partial charge in [-0.15, -0.1) is 0 Å². The van der Waals surface area contributed by atoms with Gasteiger partial charge in [0.1, 0.15) is 5.82 Å². The zero-order valence-electron chi connectivity index (χ0n) is 11.7. The van der Waals surface area contributed by atoms with Crippen LogP contribution in [-0.4, -0.2) is 19.0 Å². The van der Waals surface area contributed by atoms with Gasteiger partial charge in [0.25, 0.3) is 0 Å². The third-order valence-corrected chi connectivity index (χ3v) is 2.85. The minimum Gasteiger partial charge on any atom is -0.356 e. The van der Waals surface area contributed by atoms with E-state index in [0.717, 1.165) is 13.0 Å². The Balaban J connectivity index is 2.10. The fourth-order valence-corrected chi connectivity index (χ4v) is 1.66. The van der Waals surface area contributed by atoms with Crippen LogP contribution in [0.2, 0.25) is 0 Å². The molecule has 4 heteroatoms. The number of carbonyl (C=O) groups excluding carboxylic acids is 1. The molecule has 1 aromatic carbocycles. The highest BCUT2D eigenvalue weighted by Crippen LogP contribution is 2.05. The van der Waals surface area contributed by atoms with Gasteiger partial charge in [-0.1, -0.05) is 32.0 Å². The number of amides is 1. The number of halogens is 1. The van der Waals surface area contributed by atoms with E-state index < -0.39 is 0 Å². The third kappa shape index (κ3) is 6.91. The largest absolute Gasteiger partial charge is 0.356 e. The summed E-state index contributed by atoms with van der Waals surface area (Å²) in [6, 6.07) is 6.65. The van der Waals surface area contributed by atoms with Crippen LogP contribution in [-0.2, 0) is 11.3 Å². The summed E-state index contributed by atoms with van der Waals surface area (Å²) in [7, 11) is 0. The Kier molecular flexibility index (Phi) is 7.11. The number of hydrogen-bond acceptors (Lipinski definition) is 2. The maximum Gasteiger partial charge on any atom is 0.221 e. The van der Waals surface area contributed by atoms with E-state index in [1.807, 2.05) is 0 Å². The Labute approximate surface area is 114 Å². The van der Waals surface area contributed by atoms with E-state index >= 15 is 0 Å². The molecule has 1 amide bonds. The SMILES string of the molecule is CC(C)CCNC(=O)CCNCc1ccccc1F. The molecule has 0 aliphatic heterocycles. The lowest BCUT2D eigenvalue weighted by atomic mass is 10.1. The van der Waals surface area contributed by atoms with Gasteiger partial charge in [-0.25, -0.2) is 4.39 Å². The number of rotatable bonds is 8. The smallest absolute Gasteiger partial charge is 0.221 e. The minimum absolute atomic E-state index is 0.0432. The molecule has 0 radical (unpaired) electrons. The highest BCUT2D eigenvalue weighted by Gasteiger charge is 2.03. The monoisotopic (exact) mass is 266 g/mol. The van der Waals surface area contributed by atoms with Gasteiger partial charge in [0, 0.05) is 31.6 Å². The summed E-state index contributed by atoms with van der Waals surface area (Å²) in [5.41, 5.74) is 0.628. The first-order valence-electron chi connectivity index (χ1n) is 6.80. The van der Waals surface area contributed by atoms with Crippen LogP contribution >= 0.6 is 0 Å². The van der Waals surface area contributed by atoms with E-state index in [0.29, 0.717) is 31.0 Å². The van der Waals surface area contributed by atoms with Gasteiger partial charge in [0.2, 0.25) is 5.91 Å². The highest BCUT2D eigenvalue weighted by molar-refractivity contribution is 5.75. The Morgan fingerprint density at radius 1 is 1.26 bits per heavy atom. The van der Waals surface area contributed by atoms with Crippen LogP contribution in [0.5, 0.6) is 0 Å². The van der Waals surface area contributed by atoms with Crippen molar-refractivity contribution < 1.29 is 9.18 Å². The molecular weight excluding hydrogens is 243 g/mol. The van der Waals surface area contributed by atoms with Crippen LogP contribution in [0.25, 0.3) is 0 Å². The summed E-state index contributed by atoms with van der Waals surface area (Å²) in [6.07, 6.45) is 1.42. The van der Waals surface area contributed by atoms with Crippen LogP contribution in [0.1, 0.15) is 32.3 Å². The molecule has 3 nitrogen and oxygen atoms in total. The predicted octanol–water partition coefficient (Wildman–Crippen LogP) is 2.47. The maximum atomic E-state index is 13.3. The van der Waals surface area contributed by atoms with Crippen LogP contribution in [0.4, 0.5) is 4.39 Å². The number of hydrogen-bond donors (Lipinski definition) is 2. The maximum absolute atomic E-state index is 13.3. The molecule has 0 fully saturated rings. The van der Waals surface area contributed by atoms with E-state index in [1.165, 1.54) is 6.07 Å². The lowest BCUT2D eigenvalue weighted by Gasteiger charge is -2.08. The molecule has 0 spiro atoms. The van der Waals surface area contributed by atoms with E-state index in [-0.39, 0.29) is 11.7 Å². The summed E-state index contributed by atoms with van der Waals surface area (Å²) >= 11 is 0.